The zero-order valence-corrected chi connectivity index (χ0v) is 38.1. The van der Waals surface area contributed by atoms with Gasteiger partial charge in [0.05, 0.1) is 31.9 Å². The van der Waals surface area contributed by atoms with Gasteiger partial charge in [-0.2, -0.15) is 0 Å². The summed E-state index contributed by atoms with van der Waals surface area (Å²) in [4.78, 5) is 131. The highest BCUT2D eigenvalue weighted by molar-refractivity contribution is 5.98. The van der Waals surface area contributed by atoms with Gasteiger partial charge in [-0.15, -0.1) is 0 Å². The third kappa shape index (κ3) is 18.2. The van der Waals surface area contributed by atoms with Gasteiger partial charge in [0.15, 0.2) is 0 Å². The van der Waals surface area contributed by atoms with E-state index in [0.29, 0.717) is 5.56 Å². The average molecular weight is 949 g/mol. The number of rotatable bonds is 28. The second-order valence-electron chi connectivity index (χ2n) is 16.6. The number of para-hydroxylation sites is 1. The van der Waals surface area contributed by atoms with E-state index in [1.165, 1.54) is 0 Å². The summed E-state index contributed by atoms with van der Waals surface area (Å²) >= 11 is 0. The predicted octanol–water partition coefficient (Wildman–Crippen LogP) is -4.42. The molecule has 8 amide bonds. The van der Waals surface area contributed by atoms with Crippen LogP contribution in [0.15, 0.2) is 30.5 Å². The van der Waals surface area contributed by atoms with Crippen molar-refractivity contribution in [3.8, 4) is 0 Å². The van der Waals surface area contributed by atoms with E-state index in [4.69, 9.17) is 10.8 Å². The summed E-state index contributed by atoms with van der Waals surface area (Å²) in [6.07, 6.45) is -1.17. The van der Waals surface area contributed by atoms with Crippen molar-refractivity contribution >= 4 is 70.1 Å². The minimum Gasteiger partial charge on any atom is -0.481 e. The van der Waals surface area contributed by atoms with Crippen molar-refractivity contribution in [3.05, 3.63) is 36.0 Å². The lowest BCUT2D eigenvalue weighted by atomic mass is 9.99. The highest BCUT2D eigenvalue weighted by atomic mass is 16.4. The van der Waals surface area contributed by atoms with E-state index in [-0.39, 0.29) is 24.7 Å². The van der Waals surface area contributed by atoms with Crippen molar-refractivity contribution < 1.29 is 73.5 Å². The zero-order valence-electron chi connectivity index (χ0n) is 38.1. The largest absolute Gasteiger partial charge is 0.481 e. The normalized spacial score (nSPS) is 15.3. The number of hydrogen-bond donors (Lipinski definition) is 15. The number of aliphatic hydroxyl groups is 3. The Bertz CT molecular complexity index is 2080. The molecule has 0 radical (unpaired) electrons. The zero-order chi connectivity index (χ0) is 50.7. The molecule has 2 aromatic rings. The lowest BCUT2D eigenvalue weighted by Crippen LogP contribution is -2.62. The molecule has 0 bridgehead atoms. The van der Waals surface area contributed by atoms with Gasteiger partial charge in [-0.1, -0.05) is 45.9 Å². The Hall–Kier alpha value is -6.70. The summed E-state index contributed by atoms with van der Waals surface area (Å²) in [5.41, 5.74) is 7.57. The lowest BCUT2D eigenvalue weighted by molar-refractivity contribution is -0.142. The summed E-state index contributed by atoms with van der Waals surface area (Å²) in [7, 11) is 0. The van der Waals surface area contributed by atoms with Crippen LogP contribution in [-0.2, 0) is 54.4 Å². The fourth-order valence-corrected chi connectivity index (χ4v) is 6.31. The van der Waals surface area contributed by atoms with Crippen molar-refractivity contribution in [1.29, 1.82) is 0 Å². The summed E-state index contributed by atoms with van der Waals surface area (Å²) in [5, 5.41) is 67.2. The maximum absolute atomic E-state index is 13.9. The molecule has 2 rings (SSSR count). The SMILES string of the molecule is CC(C)C[C@H](NC(=O)[C@H](Cc1c[nH]c2ccccc12)NC(=O)[C@@H](N)C(C)C)C(=O)NCC(=O)N[C@@H](CCC(=O)O)C(=O)N[C@H](C(=O)N[C@@H](CO)C(=O)N[C@@H](CO)C(=O)N[C@@H](C)C(=O)O)[C@@H](C)O. The number of carboxylic acids is 2. The smallest absolute Gasteiger partial charge is 0.325 e. The quantitative estimate of drug-likeness (QED) is 0.0383. The maximum Gasteiger partial charge on any atom is 0.325 e. The summed E-state index contributed by atoms with van der Waals surface area (Å²) in [5.74, 6) is -11.2. The summed E-state index contributed by atoms with van der Waals surface area (Å²) < 4.78 is 0. The molecule has 0 aliphatic heterocycles. The molecule has 0 saturated carbocycles. The molecule has 16 N–H and O–H groups in total. The number of benzene rings is 1. The number of carbonyl (C=O) groups excluding carboxylic acids is 8. The monoisotopic (exact) mass is 948 g/mol. The standard InChI is InChI=1S/C42H64N10O15/c1-19(2)13-27(48-37(61)28(49-40(64)33(43)20(3)4)14-23-15-44-25-10-8-7-9-24(23)25)35(59)45-16-31(56)47-26(11-12-32(57)58)36(60)52-34(22(6)55)41(65)51-30(18-54)39(63)50-29(17-53)38(62)46-21(5)42(66)67/h7-10,15,19-22,26-30,33-34,44,53-55H,11-14,16-18,43H2,1-6H3,(H,45,59)(H,46,62)(H,47,56)(H,48,61)(H,49,64)(H,50,63)(H,51,65)(H,52,60)(H,57,58)(H,66,67)/t21-,22+,26-,27-,28-,29-,30-,33-,34-/m0/s1. The molecular formula is C42H64N10O15. The first-order chi connectivity index (χ1) is 31.4. The number of carbonyl (C=O) groups is 10. The van der Waals surface area contributed by atoms with Crippen molar-refractivity contribution in [1.82, 2.24) is 47.5 Å². The fraction of sp³-hybridized carbons (Fsp3) is 0.571. The van der Waals surface area contributed by atoms with Gasteiger partial charge in [0.2, 0.25) is 47.3 Å². The third-order valence-electron chi connectivity index (χ3n) is 10.2. The summed E-state index contributed by atoms with van der Waals surface area (Å²) in [6, 6.07) is -4.66. The fourth-order valence-electron chi connectivity index (χ4n) is 6.31. The first-order valence-corrected chi connectivity index (χ1v) is 21.4. The topological polar surface area (TPSA) is 410 Å². The van der Waals surface area contributed by atoms with Crippen LogP contribution in [0.5, 0.6) is 0 Å². The van der Waals surface area contributed by atoms with E-state index < -0.39 is 146 Å². The molecule has 9 atom stereocenters. The van der Waals surface area contributed by atoms with Gasteiger partial charge < -0.3 is 78.8 Å². The summed E-state index contributed by atoms with van der Waals surface area (Å²) in [6.45, 7) is 6.27. The van der Waals surface area contributed by atoms with Crippen LogP contribution in [0.4, 0.5) is 0 Å². The molecule has 1 heterocycles. The van der Waals surface area contributed by atoms with Crippen LogP contribution in [0.2, 0.25) is 0 Å². The molecule has 0 spiro atoms. The van der Waals surface area contributed by atoms with E-state index in [2.05, 4.69) is 36.9 Å². The Morgan fingerprint density at radius 1 is 0.642 bits per heavy atom. The Labute approximate surface area is 385 Å². The first-order valence-electron chi connectivity index (χ1n) is 21.4. The van der Waals surface area contributed by atoms with Crippen LogP contribution in [0, 0.1) is 11.8 Å². The second kappa shape index (κ2) is 27.1. The van der Waals surface area contributed by atoms with Crippen LogP contribution in [-0.4, -0.2) is 164 Å². The van der Waals surface area contributed by atoms with E-state index >= 15 is 0 Å². The number of aromatic amines is 1. The van der Waals surface area contributed by atoms with Crippen LogP contribution in [0.1, 0.15) is 66.4 Å². The van der Waals surface area contributed by atoms with Gasteiger partial charge in [0, 0.05) is 29.9 Å². The second-order valence-corrected chi connectivity index (χ2v) is 16.6. The highest BCUT2D eigenvalue weighted by Crippen LogP contribution is 2.20. The predicted molar refractivity (Wildman–Crippen MR) is 237 cm³/mol. The van der Waals surface area contributed by atoms with Crippen LogP contribution in [0.3, 0.4) is 0 Å². The van der Waals surface area contributed by atoms with E-state index in [1.807, 2.05) is 34.9 Å². The Kier molecular flexibility index (Phi) is 22.8. The first kappa shape index (κ1) is 56.4. The third-order valence-corrected chi connectivity index (χ3v) is 10.2. The van der Waals surface area contributed by atoms with Gasteiger partial charge in [0.1, 0.15) is 42.3 Å². The highest BCUT2D eigenvalue weighted by Gasteiger charge is 2.35. The van der Waals surface area contributed by atoms with Crippen LogP contribution in [0.25, 0.3) is 10.9 Å². The number of H-pyrrole nitrogens is 1. The van der Waals surface area contributed by atoms with Gasteiger partial charge in [0.25, 0.3) is 0 Å². The number of fused-ring (bicyclic) bond motifs is 1. The van der Waals surface area contributed by atoms with E-state index in [0.717, 1.165) is 24.8 Å². The molecule has 0 unspecified atom stereocenters. The Balaban J connectivity index is 2.21. The molecule has 67 heavy (non-hydrogen) atoms. The van der Waals surface area contributed by atoms with Crippen molar-refractivity contribution in [3.63, 3.8) is 0 Å². The van der Waals surface area contributed by atoms with Gasteiger partial charge in [-0.25, -0.2) is 0 Å². The molecule has 0 saturated heterocycles. The van der Waals surface area contributed by atoms with E-state index in [1.54, 1.807) is 33.9 Å². The van der Waals surface area contributed by atoms with Gasteiger partial charge >= 0.3 is 11.9 Å². The molecule has 25 heteroatoms. The molecule has 0 aliphatic carbocycles. The van der Waals surface area contributed by atoms with Crippen LogP contribution >= 0.6 is 0 Å². The van der Waals surface area contributed by atoms with E-state index in [9.17, 15) is 68.4 Å². The number of aromatic nitrogens is 1. The van der Waals surface area contributed by atoms with Gasteiger partial charge in [-0.05, 0) is 50.2 Å². The molecule has 372 valence electrons. The Morgan fingerprint density at radius 3 is 1.73 bits per heavy atom. The number of nitrogens with two attached hydrogens (primary N) is 1. The number of aliphatic hydroxyl groups excluding tert-OH is 3. The molecule has 1 aromatic carbocycles. The molecule has 1 aromatic heterocycles. The number of amides is 8. The minimum atomic E-state index is -1.90. The number of nitrogens with one attached hydrogen (secondary N) is 9. The molecule has 25 nitrogen and oxygen atoms in total. The Morgan fingerprint density at radius 2 is 1.18 bits per heavy atom. The number of carboxylic acid groups (broad SMARTS) is 2. The minimum absolute atomic E-state index is 0.0156. The molecule has 0 fully saturated rings. The van der Waals surface area contributed by atoms with Gasteiger partial charge in [-0.3, -0.25) is 47.9 Å². The number of hydrogen-bond acceptors (Lipinski definition) is 14. The van der Waals surface area contributed by atoms with Crippen LogP contribution < -0.4 is 48.3 Å². The lowest BCUT2D eigenvalue weighted by Gasteiger charge is -2.27. The number of aliphatic carboxylic acids is 2. The maximum atomic E-state index is 13.9. The average Bonchev–Trinajstić information content (AvgIpc) is 3.67. The molecular weight excluding hydrogens is 885 g/mol. The van der Waals surface area contributed by atoms with Crippen molar-refractivity contribution in [2.24, 2.45) is 17.6 Å². The molecule has 0 aliphatic rings. The van der Waals surface area contributed by atoms with Crippen molar-refractivity contribution in [2.75, 3.05) is 19.8 Å². The van der Waals surface area contributed by atoms with Crippen molar-refractivity contribution in [2.45, 2.75) is 122 Å².